The Morgan fingerprint density at radius 3 is 2.63 bits per heavy atom. The Morgan fingerprint density at radius 2 is 1.95 bits per heavy atom. The van der Waals surface area contributed by atoms with Gasteiger partial charge < -0.3 is 4.74 Å². The lowest BCUT2D eigenvalue weighted by Gasteiger charge is -2.07. The third-order valence-electron chi connectivity index (χ3n) is 2.74. The van der Waals surface area contributed by atoms with E-state index in [1.54, 1.807) is 0 Å². The second-order valence-electron chi connectivity index (χ2n) is 4.34. The molecule has 0 aliphatic heterocycles. The molecule has 3 nitrogen and oxygen atoms in total. The molecule has 0 unspecified atom stereocenters. The Bertz CT molecular complexity index is 632. The maximum Gasteiger partial charge on any atom is 0.224 e. The fourth-order valence-electron chi connectivity index (χ4n) is 1.65. The lowest BCUT2D eigenvalue weighted by atomic mass is 10.3. The largest absolute Gasteiger partial charge is 0.439 e. The van der Waals surface area contributed by atoms with Gasteiger partial charge in [0.2, 0.25) is 5.88 Å². The molecule has 1 aliphatic rings. The summed E-state index contributed by atoms with van der Waals surface area (Å²) < 4.78 is 18.6. The van der Waals surface area contributed by atoms with Gasteiger partial charge in [0.15, 0.2) is 0 Å². The number of nitrogens with zero attached hydrogens (tertiary/aromatic N) is 2. The van der Waals surface area contributed by atoms with Crippen molar-refractivity contribution in [2.75, 3.05) is 0 Å². The average molecular weight is 299 g/mol. The summed E-state index contributed by atoms with van der Waals surface area (Å²) in [5.74, 6) is 1.31. The highest BCUT2D eigenvalue weighted by atomic mass is 35.5. The van der Waals surface area contributed by atoms with Crippen LogP contribution in [-0.4, -0.2) is 9.97 Å². The van der Waals surface area contributed by atoms with Crippen LogP contribution in [0.25, 0.3) is 0 Å². The standard InChI is InChI=1S/C13H9Cl2FN2O/c14-9-5-8(3-4-10(9)16)19-12-6-11(15)17-13(18-12)7-1-2-7/h3-7H,1-2H2. The van der Waals surface area contributed by atoms with Crippen LogP contribution in [0.1, 0.15) is 24.6 Å². The van der Waals surface area contributed by atoms with E-state index in [2.05, 4.69) is 9.97 Å². The summed E-state index contributed by atoms with van der Waals surface area (Å²) in [5, 5.41) is 0.333. The zero-order valence-electron chi connectivity index (χ0n) is 9.74. The summed E-state index contributed by atoms with van der Waals surface area (Å²) in [6.45, 7) is 0. The van der Waals surface area contributed by atoms with Gasteiger partial charge in [0.1, 0.15) is 22.5 Å². The molecular weight excluding hydrogens is 290 g/mol. The Kier molecular flexibility index (Phi) is 3.29. The highest BCUT2D eigenvalue weighted by molar-refractivity contribution is 6.30. The highest BCUT2D eigenvalue weighted by Crippen LogP contribution is 2.39. The van der Waals surface area contributed by atoms with Crippen LogP contribution in [0.2, 0.25) is 10.2 Å². The number of hydrogen-bond acceptors (Lipinski definition) is 3. The van der Waals surface area contributed by atoms with Crippen LogP contribution in [0, 0.1) is 5.82 Å². The van der Waals surface area contributed by atoms with Gasteiger partial charge in [-0.3, -0.25) is 0 Å². The van der Waals surface area contributed by atoms with E-state index >= 15 is 0 Å². The number of hydrogen-bond donors (Lipinski definition) is 0. The summed E-state index contributed by atoms with van der Waals surface area (Å²) in [6.07, 6.45) is 2.14. The minimum absolute atomic E-state index is 0.0000643. The molecule has 98 valence electrons. The number of rotatable bonds is 3. The average Bonchev–Trinajstić information content (AvgIpc) is 3.17. The quantitative estimate of drug-likeness (QED) is 0.777. The van der Waals surface area contributed by atoms with Crippen molar-refractivity contribution in [2.24, 2.45) is 0 Å². The van der Waals surface area contributed by atoms with E-state index in [-0.39, 0.29) is 5.02 Å². The van der Waals surface area contributed by atoms with E-state index in [1.807, 2.05) is 0 Å². The van der Waals surface area contributed by atoms with E-state index in [0.29, 0.717) is 28.5 Å². The first-order valence-corrected chi connectivity index (χ1v) is 6.55. The number of aromatic nitrogens is 2. The molecule has 1 saturated carbocycles. The van der Waals surface area contributed by atoms with Crippen molar-refractivity contribution in [3.63, 3.8) is 0 Å². The summed E-state index contributed by atoms with van der Waals surface area (Å²) in [7, 11) is 0. The van der Waals surface area contributed by atoms with Gasteiger partial charge in [-0.2, -0.15) is 4.98 Å². The predicted octanol–water partition coefficient (Wildman–Crippen LogP) is 4.59. The molecule has 1 aromatic carbocycles. The summed E-state index contributed by atoms with van der Waals surface area (Å²) in [6, 6.07) is 5.63. The molecule has 1 heterocycles. The topological polar surface area (TPSA) is 35.0 Å². The van der Waals surface area contributed by atoms with Crippen molar-refractivity contribution in [3.05, 3.63) is 46.1 Å². The van der Waals surface area contributed by atoms with E-state index < -0.39 is 5.82 Å². The summed E-state index contributed by atoms with van der Waals surface area (Å²) in [5.41, 5.74) is 0. The van der Waals surface area contributed by atoms with E-state index in [0.717, 1.165) is 12.8 Å². The Hall–Kier alpha value is -1.39. The zero-order valence-corrected chi connectivity index (χ0v) is 11.2. The van der Waals surface area contributed by atoms with Gasteiger partial charge in [-0.25, -0.2) is 9.37 Å². The van der Waals surface area contributed by atoms with Gasteiger partial charge in [-0.15, -0.1) is 0 Å². The SMILES string of the molecule is Fc1ccc(Oc2cc(Cl)nc(C3CC3)n2)cc1Cl. The number of halogens is 3. The van der Waals surface area contributed by atoms with Gasteiger partial charge in [-0.05, 0) is 25.0 Å². The van der Waals surface area contributed by atoms with Gasteiger partial charge in [0, 0.05) is 18.1 Å². The summed E-state index contributed by atoms with van der Waals surface area (Å²) >= 11 is 11.6. The normalized spacial score (nSPS) is 14.5. The minimum atomic E-state index is -0.492. The third-order valence-corrected chi connectivity index (χ3v) is 3.23. The maximum atomic E-state index is 13.0. The third kappa shape index (κ3) is 2.96. The minimum Gasteiger partial charge on any atom is -0.439 e. The lowest BCUT2D eigenvalue weighted by molar-refractivity contribution is 0.457. The van der Waals surface area contributed by atoms with Gasteiger partial charge in [0.05, 0.1) is 5.02 Å². The van der Waals surface area contributed by atoms with Crippen LogP contribution in [0.3, 0.4) is 0 Å². The number of benzene rings is 1. The van der Waals surface area contributed by atoms with E-state index in [9.17, 15) is 4.39 Å². The van der Waals surface area contributed by atoms with Crippen molar-refractivity contribution < 1.29 is 9.13 Å². The van der Waals surface area contributed by atoms with Crippen LogP contribution >= 0.6 is 23.2 Å². The van der Waals surface area contributed by atoms with Gasteiger partial charge in [0.25, 0.3) is 0 Å². The Morgan fingerprint density at radius 1 is 1.16 bits per heavy atom. The van der Waals surface area contributed by atoms with Crippen LogP contribution < -0.4 is 4.74 Å². The molecule has 0 atom stereocenters. The van der Waals surface area contributed by atoms with Crippen molar-refractivity contribution in [3.8, 4) is 11.6 Å². The first-order chi connectivity index (χ1) is 9.11. The summed E-state index contributed by atoms with van der Waals surface area (Å²) in [4.78, 5) is 8.45. The van der Waals surface area contributed by atoms with Crippen LogP contribution in [0.5, 0.6) is 11.6 Å². The highest BCUT2D eigenvalue weighted by Gasteiger charge is 2.27. The van der Waals surface area contributed by atoms with E-state index in [1.165, 1.54) is 24.3 Å². The molecule has 3 rings (SSSR count). The molecule has 0 saturated heterocycles. The molecule has 0 radical (unpaired) electrons. The molecular formula is C13H9Cl2FN2O. The first-order valence-electron chi connectivity index (χ1n) is 5.79. The van der Waals surface area contributed by atoms with Crippen LogP contribution in [-0.2, 0) is 0 Å². The molecule has 0 amide bonds. The fraction of sp³-hybridized carbons (Fsp3) is 0.231. The van der Waals surface area contributed by atoms with Crippen molar-refractivity contribution >= 4 is 23.2 Å². The molecule has 6 heteroatoms. The molecule has 1 aromatic heterocycles. The van der Waals surface area contributed by atoms with Gasteiger partial charge in [-0.1, -0.05) is 23.2 Å². The van der Waals surface area contributed by atoms with Gasteiger partial charge >= 0.3 is 0 Å². The molecule has 1 fully saturated rings. The van der Waals surface area contributed by atoms with E-state index in [4.69, 9.17) is 27.9 Å². The molecule has 1 aliphatic carbocycles. The maximum absolute atomic E-state index is 13.0. The van der Waals surface area contributed by atoms with Crippen molar-refractivity contribution in [2.45, 2.75) is 18.8 Å². The van der Waals surface area contributed by atoms with Crippen molar-refractivity contribution in [1.82, 2.24) is 9.97 Å². The smallest absolute Gasteiger partial charge is 0.224 e. The Labute approximate surface area is 119 Å². The van der Waals surface area contributed by atoms with Crippen molar-refractivity contribution in [1.29, 1.82) is 0 Å². The predicted molar refractivity (Wildman–Crippen MR) is 70.5 cm³/mol. The fourth-order valence-corrected chi connectivity index (χ4v) is 2.00. The second kappa shape index (κ2) is 4.94. The second-order valence-corrected chi connectivity index (χ2v) is 5.13. The van der Waals surface area contributed by atoms with Crippen LogP contribution in [0.4, 0.5) is 4.39 Å². The van der Waals surface area contributed by atoms with Crippen LogP contribution in [0.15, 0.2) is 24.3 Å². The first kappa shape index (κ1) is 12.6. The zero-order chi connectivity index (χ0) is 13.4. The molecule has 2 aromatic rings. The monoisotopic (exact) mass is 298 g/mol. The molecule has 19 heavy (non-hydrogen) atoms. The number of ether oxygens (including phenoxy) is 1. The molecule has 0 N–H and O–H groups in total. The molecule has 0 spiro atoms. The lowest BCUT2D eigenvalue weighted by Crippen LogP contribution is -1.96. The Balaban J connectivity index is 1.87. The molecule has 0 bridgehead atoms.